The summed E-state index contributed by atoms with van der Waals surface area (Å²) in [5.74, 6) is 0.810. The van der Waals surface area contributed by atoms with E-state index in [1.54, 1.807) is 13.3 Å². The number of benzene rings is 2. The summed E-state index contributed by atoms with van der Waals surface area (Å²) < 4.78 is 5.36. The van der Waals surface area contributed by atoms with Crippen LogP contribution in [0.25, 0.3) is 10.8 Å². The molecule has 0 aliphatic carbocycles. The molecule has 0 fully saturated rings. The van der Waals surface area contributed by atoms with E-state index in [2.05, 4.69) is 22.7 Å². The summed E-state index contributed by atoms with van der Waals surface area (Å²) >= 11 is 4.68. The van der Waals surface area contributed by atoms with Gasteiger partial charge in [-0.25, -0.2) is 0 Å². The molecule has 0 saturated carbocycles. The first kappa shape index (κ1) is 12.3. The summed E-state index contributed by atoms with van der Waals surface area (Å²) in [6.07, 6.45) is 1.67. The van der Waals surface area contributed by atoms with Crippen LogP contribution in [-0.4, -0.2) is 18.4 Å². The topological polar surface area (TPSA) is 59.6 Å². The molecule has 0 spiro atoms. The number of thiocarbonyl (C=S) groups is 1. The van der Waals surface area contributed by atoms with Crippen molar-refractivity contribution in [3.63, 3.8) is 0 Å². The first-order valence-corrected chi connectivity index (χ1v) is 5.77. The number of nitrogens with one attached hydrogen (secondary N) is 1. The van der Waals surface area contributed by atoms with Crippen molar-refractivity contribution in [2.45, 2.75) is 0 Å². The lowest BCUT2D eigenvalue weighted by Gasteiger charge is -2.07. The molecule has 0 atom stereocenters. The Hall–Kier alpha value is -2.14. The van der Waals surface area contributed by atoms with Crippen molar-refractivity contribution in [1.82, 2.24) is 5.43 Å². The fraction of sp³-hybridized carbons (Fsp3) is 0.0769. The highest BCUT2D eigenvalue weighted by atomic mass is 32.1. The van der Waals surface area contributed by atoms with Gasteiger partial charge >= 0.3 is 0 Å². The molecule has 92 valence electrons. The average molecular weight is 259 g/mol. The third kappa shape index (κ3) is 2.57. The summed E-state index contributed by atoms with van der Waals surface area (Å²) in [5, 5.41) is 6.21. The Labute approximate surface area is 110 Å². The van der Waals surface area contributed by atoms with Crippen LogP contribution in [0.1, 0.15) is 5.56 Å². The lowest BCUT2D eigenvalue weighted by Crippen LogP contribution is -2.24. The number of hydrogen-bond donors (Lipinski definition) is 2. The van der Waals surface area contributed by atoms with Crippen molar-refractivity contribution in [1.29, 1.82) is 0 Å². The molecule has 0 radical (unpaired) electrons. The van der Waals surface area contributed by atoms with Crippen LogP contribution in [0.3, 0.4) is 0 Å². The molecule has 5 heteroatoms. The largest absolute Gasteiger partial charge is 0.496 e. The zero-order chi connectivity index (χ0) is 13.0. The van der Waals surface area contributed by atoms with Crippen LogP contribution in [0.15, 0.2) is 41.5 Å². The third-order valence-corrected chi connectivity index (χ3v) is 2.59. The van der Waals surface area contributed by atoms with Crippen molar-refractivity contribution < 1.29 is 4.74 Å². The minimum Gasteiger partial charge on any atom is -0.496 e. The predicted octanol–water partition coefficient (Wildman–Crippen LogP) is 2.02. The van der Waals surface area contributed by atoms with E-state index in [9.17, 15) is 0 Å². The van der Waals surface area contributed by atoms with E-state index in [0.717, 1.165) is 22.1 Å². The first-order valence-electron chi connectivity index (χ1n) is 5.36. The Bertz CT molecular complexity index is 605. The molecule has 0 aliphatic rings. The average Bonchev–Trinajstić information content (AvgIpc) is 2.37. The molecule has 0 aliphatic heterocycles. The molecule has 0 unspecified atom stereocenters. The Morgan fingerprint density at radius 2 is 2.06 bits per heavy atom. The van der Waals surface area contributed by atoms with Gasteiger partial charge in [0.05, 0.1) is 13.3 Å². The summed E-state index contributed by atoms with van der Waals surface area (Å²) in [6.45, 7) is 0. The van der Waals surface area contributed by atoms with Crippen LogP contribution < -0.4 is 15.9 Å². The minimum absolute atomic E-state index is 0.137. The van der Waals surface area contributed by atoms with Crippen molar-refractivity contribution in [3.05, 3.63) is 42.0 Å². The van der Waals surface area contributed by atoms with Crippen LogP contribution >= 0.6 is 12.2 Å². The number of rotatable bonds is 3. The lowest BCUT2D eigenvalue weighted by atomic mass is 10.0. The van der Waals surface area contributed by atoms with Crippen LogP contribution in [0.4, 0.5) is 0 Å². The van der Waals surface area contributed by atoms with E-state index in [1.165, 1.54) is 0 Å². The summed E-state index contributed by atoms with van der Waals surface area (Å²) in [6, 6.07) is 11.8. The van der Waals surface area contributed by atoms with Gasteiger partial charge in [0.15, 0.2) is 5.11 Å². The number of methoxy groups -OCH3 is 1. The highest BCUT2D eigenvalue weighted by Gasteiger charge is 2.04. The van der Waals surface area contributed by atoms with Gasteiger partial charge in [0.2, 0.25) is 0 Å². The lowest BCUT2D eigenvalue weighted by molar-refractivity contribution is 0.420. The maximum atomic E-state index is 5.36. The molecular weight excluding hydrogens is 246 g/mol. The van der Waals surface area contributed by atoms with E-state index in [0.29, 0.717) is 0 Å². The molecule has 2 aromatic rings. The monoisotopic (exact) mass is 259 g/mol. The standard InChI is InChI=1S/C13H13N3OS/c1-17-11-7-3-5-9-4-2-6-10(12(9)11)8-15-16-13(14)18/h2-8H,1H3,(H3,14,16,18). The molecule has 3 N–H and O–H groups in total. The van der Waals surface area contributed by atoms with Crippen LogP contribution in [0, 0.1) is 0 Å². The smallest absolute Gasteiger partial charge is 0.184 e. The van der Waals surface area contributed by atoms with Crippen LogP contribution in [-0.2, 0) is 0 Å². The summed E-state index contributed by atoms with van der Waals surface area (Å²) in [5.41, 5.74) is 8.78. The van der Waals surface area contributed by atoms with Gasteiger partial charge in [0.1, 0.15) is 5.75 Å². The number of ether oxygens (including phenoxy) is 1. The zero-order valence-corrected chi connectivity index (χ0v) is 10.7. The van der Waals surface area contributed by atoms with Gasteiger partial charge in [-0.3, -0.25) is 5.43 Å². The molecule has 0 aromatic heterocycles. The van der Waals surface area contributed by atoms with E-state index < -0.39 is 0 Å². The summed E-state index contributed by atoms with van der Waals surface area (Å²) in [7, 11) is 1.65. The van der Waals surface area contributed by atoms with Gasteiger partial charge in [-0.05, 0) is 23.7 Å². The Morgan fingerprint density at radius 1 is 1.33 bits per heavy atom. The number of fused-ring (bicyclic) bond motifs is 1. The fourth-order valence-corrected chi connectivity index (χ4v) is 1.83. The third-order valence-electron chi connectivity index (χ3n) is 2.50. The van der Waals surface area contributed by atoms with Crippen LogP contribution in [0.2, 0.25) is 0 Å². The molecule has 0 amide bonds. The number of nitrogens with two attached hydrogens (primary N) is 1. The maximum Gasteiger partial charge on any atom is 0.184 e. The van der Waals surface area contributed by atoms with Gasteiger partial charge in [-0.15, -0.1) is 0 Å². The quantitative estimate of drug-likeness (QED) is 0.503. The second kappa shape index (κ2) is 5.46. The normalized spacial score (nSPS) is 10.7. The van der Waals surface area contributed by atoms with E-state index in [1.807, 2.05) is 36.4 Å². The molecule has 18 heavy (non-hydrogen) atoms. The van der Waals surface area contributed by atoms with Crippen molar-refractivity contribution in [2.24, 2.45) is 10.8 Å². The molecule has 0 bridgehead atoms. The molecule has 4 nitrogen and oxygen atoms in total. The maximum absolute atomic E-state index is 5.36. The predicted molar refractivity (Wildman–Crippen MR) is 78.0 cm³/mol. The Kier molecular flexibility index (Phi) is 3.74. The van der Waals surface area contributed by atoms with E-state index >= 15 is 0 Å². The fourth-order valence-electron chi connectivity index (χ4n) is 1.78. The number of nitrogens with zero attached hydrogens (tertiary/aromatic N) is 1. The molecular formula is C13H13N3OS. The van der Waals surface area contributed by atoms with Gasteiger partial charge in [0.25, 0.3) is 0 Å². The van der Waals surface area contributed by atoms with E-state index in [4.69, 9.17) is 10.5 Å². The molecule has 2 rings (SSSR count). The van der Waals surface area contributed by atoms with Gasteiger partial charge in [-0.2, -0.15) is 5.10 Å². The van der Waals surface area contributed by atoms with E-state index in [-0.39, 0.29) is 5.11 Å². The Morgan fingerprint density at radius 3 is 2.72 bits per heavy atom. The molecule has 0 heterocycles. The second-order valence-corrected chi connectivity index (χ2v) is 4.08. The van der Waals surface area contributed by atoms with Gasteiger partial charge in [0, 0.05) is 10.9 Å². The minimum atomic E-state index is 0.137. The highest BCUT2D eigenvalue weighted by molar-refractivity contribution is 7.80. The highest BCUT2D eigenvalue weighted by Crippen LogP contribution is 2.27. The van der Waals surface area contributed by atoms with Crippen molar-refractivity contribution in [2.75, 3.05) is 7.11 Å². The van der Waals surface area contributed by atoms with Gasteiger partial charge in [-0.1, -0.05) is 30.3 Å². The van der Waals surface area contributed by atoms with Crippen LogP contribution in [0.5, 0.6) is 5.75 Å². The first-order chi connectivity index (χ1) is 8.72. The SMILES string of the molecule is COc1cccc2cccc(C=NNC(N)=S)c12. The van der Waals surface area contributed by atoms with Crippen molar-refractivity contribution >= 4 is 34.3 Å². The molecule has 2 aromatic carbocycles. The summed E-state index contributed by atoms with van der Waals surface area (Å²) in [4.78, 5) is 0. The molecule has 0 saturated heterocycles. The Balaban J connectivity index is 2.50. The second-order valence-electron chi connectivity index (χ2n) is 3.64. The number of hydrazone groups is 1. The zero-order valence-electron chi connectivity index (χ0n) is 9.88. The van der Waals surface area contributed by atoms with Gasteiger partial charge < -0.3 is 10.5 Å². The van der Waals surface area contributed by atoms with Crippen molar-refractivity contribution in [3.8, 4) is 5.75 Å². The number of hydrogen-bond acceptors (Lipinski definition) is 3.